The average Bonchev–Trinajstić information content (AvgIpc) is 2.29. The molecule has 2 nitrogen and oxygen atoms in total. The second-order valence-corrected chi connectivity index (χ2v) is 3.12. The van der Waals surface area contributed by atoms with Gasteiger partial charge in [0, 0.05) is 12.5 Å². The summed E-state index contributed by atoms with van der Waals surface area (Å²) in [5.41, 5.74) is 1.76. The fourth-order valence-corrected chi connectivity index (χ4v) is 1.33. The summed E-state index contributed by atoms with van der Waals surface area (Å²) < 4.78 is 4.85. The van der Waals surface area contributed by atoms with Crippen molar-refractivity contribution in [3.63, 3.8) is 0 Å². The summed E-state index contributed by atoms with van der Waals surface area (Å²) >= 11 is 0. The van der Waals surface area contributed by atoms with Gasteiger partial charge in [-0.3, -0.25) is 0 Å². The number of hydrogen-bond donors (Lipinski definition) is 0. The Morgan fingerprint density at radius 3 is 2.93 bits per heavy atom. The lowest BCUT2D eigenvalue weighted by Gasteiger charge is -1.96. The molecule has 0 saturated carbocycles. The van der Waals surface area contributed by atoms with Gasteiger partial charge in [0.25, 0.3) is 0 Å². The standard InChI is InChI=1S/C13H11NO/c1-15-10-4-6-12-9-8-11-5-2-3-7-13(11)14-12/h2-3,5,7-9H,10H2,1H3. The second-order valence-electron chi connectivity index (χ2n) is 3.12. The Morgan fingerprint density at radius 1 is 1.20 bits per heavy atom. The maximum absolute atomic E-state index is 4.85. The molecule has 0 saturated heterocycles. The van der Waals surface area contributed by atoms with Gasteiger partial charge in [-0.05, 0) is 18.1 Å². The maximum Gasteiger partial charge on any atom is 0.113 e. The van der Waals surface area contributed by atoms with E-state index in [2.05, 4.69) is 16.8 Å². The third kappa shape index (κ3) is 2.34. The van der Waals surface area contributed by atoms with Crippen LogP contribution in [-0.4, -0.2) is 18.7 Å². The topological polar surface area (TPSA) is 22.1 Å². The Bertz CT molecular complexity index is 523. The van der Waals surface area contributed by atoms with E-state index in [1.54, 1.807) is 7.11 Å². The molecule has 0 fully saturated rings. The Morgan fingerprint density at radius 2 is 2.07 bits per heavy atom. The van der Waals surface area contributed by atoms with E-state index in [1.807, 2.05) is 36.4 Å². The van der Waals surface area contributed by atoms with Gasteiger partial charge in [0.1, 0.15) is 12.3 Å². The number of fused-ring (bicyclic) bond motifs is 1. The maximum atomic E-state index is 4.85. The third-order valence-electron chi connectivity index (χ3n) is 2.03. The minimum atomic E-state index is 0.439. The van der Waals surface area contributed by atoms with Crippen molar-refractivity contribution in [1.29, 1.82) is 0 Å². The predicted octanol–water partition coefficient (Wildman–Crippen LogP) is 2.23. The van der Waals surface area contributed by atoms with Crippen molar-refractivity contribution in [1.82, 2.24) is 4.98 Å². The Balaban J connectivity index is 2.36. The van der Waals surface area contributed by atoms with E-state index >= 15 is 0 Å². The number of benzene rings is 1. The van der Waals surface area contributed by atoms with Crippen molar-refractivity contribution in [2.75, 3.05) is 13.7 Å². The van der Waals surface area contributed by atoms with Crippen molar-refractivity contribution in [3.05, 3.63) is 42.1 Å². The molecule has 0 radical (unpaired) electrons. The molecule has 0 atom stereocenters. The van der Waals surface area contributed by atoms with Crippen molar-refractivity contribution in [3.8, 4) is 11.8 Å². The molecule has 0 unspecified atom stereocenters. The summed E-state index contributed by atoms with van der Waals surface area (Å²) in [6.45, 7) is 0.439. The molecular weight excluding hydrogens is 186 g/mol. The van der Waals surface area contributed by atoms with Gasteiger partial charge in [-0.25, -0.2) is 4.98 Å². The van der Waals surface area contributed by atoms with Crippen LogP contribution in [0.5, 0.6) is 0 Å². The lowest BCUT2D eigenvalue weighted by molar-refractivity contribution is 0.240. The second kappa shape index (κ2) is 4.59. The quantitative estimate of drug-likeness (QED) is 0.654. The summed E-state index contributed by atoms with van der Waals surface area (Å²) in [4.78, 5) is 4.42. The fraction of sp³-hybridized carbons (Fsp3) is 0.154. The third-order valence-corrected chi connectivity index (χ3v) is 2.03. The lowest BCUT2D eigenvalue weighted by Crippen LogP contribution is -1.86. The molecule has 0 aliphatic rings. The molecule has 2 rings (SSSR count). The number of aromatic nitrogens is 1. The van der Waals surface area contributed by atoms with Gasteiger partial charge in [-0.15, -0.1) is 0 Å². The molecule has 1 aromatic heterocycles. The number of para-hydroxylation sites is 1. The molecule has 0 aliphatic heterocycles. The molecule has 2 heteroatoms. The highest BCUT2D eigenvalue weighted by Gasteiger charge is 1.93. The highest BCUT2D eigenvalue weighted by Crippen LogP contribution is 2.10. The monoisotopic (exact) mass is 197 g/mol. The van der Waals surface area contributed by atoms with Crippen LogP contribution < -0.4 is 0 Å². The minimum absolute atomic E-state index is 0.439. The van der Waals surface area contributed by atoms with E-state index in [0.29, 0.717) is 6.61 Å². The van der Waals surface area contributed by atoms with Gasteiger partial charge in [-0.2, -0.15) is 0 Å². The zero-order valence-electron chi connectivity index (χ0n) is 8.53. The molecule has 0 spiro atoms. The van der Waals surface area contributed by atoms with Crippen molar-refractivity contribution in [2.24, 2.45) is 0 Å². The van der Waals surface area contributed by atoms with Gasteiger partial charge < -0.3 is 4.74 Å². The van der Waals surface area contributed by atoms with E-state index in [1.165, 1.54) is 0 Å². The van der Waals surface area contributed by atoms with E-state index in [-0.39, 0.29) is 0 Å². The smallest absolute Gasteiger partial charge is 0.113 e. The summed E-state index contributed by atoms with van der Waals surface area (Å²) in [7, 11) is 1.63. The van der Waals surface area contributed by atoms with E-state index in [0.717, 1.165) is 16.6 Å². The van der Waals surface area contributed by atoms with Crippen LogP contribution in [0.3, 0.4) is 0 Å². The molecule has 74 valence electrons. The van der Waals surface area contributed by atoms with Gasteiger partial charge in [-0.1, -0.05) is 30.2 Å². The van der Waals surface area contributed by atoms with E-state index in [4.69, 9.17) is 4.74 Å². The largest absolute Gasteiger partial charge is 0.372 e. The summed E-state index contributed by atoms with van der Waals surface area (Å²) in [6.07, 6.45) is 0. The number of nitrogens with zero attached hydrogens (tertiary/aromatic N) is 1. The normalized spacial score (nSPS) is 9.67. The first kappa shape index (κ1) is 9.70. The molecule has 0 aliphatic carbocycles. The number of hydrogen-bond acceptors (Lipinski definition) is 2. The first-order chi connectivity index (χ1) is 7.40. The average molecular weight is 197 g/mol. The van der Waals surface area contributed by atoms with E-state index < -0.39 is 0 Å². The zero-order chi connectivity index (χ0) is 10.5. The molecule has 15 heavy (non-hydrogen) atoms. The van der Waals surface area contributed by atoms with Crippen LogP contribution in [0.25, 0.3) is 10.9 Å². The van der Waals surface area contributed by atoms with Gasteiger partial charge >= 0.3 is 0 Å². The Hall–Kier alpha value is -1.85. The zero-order valence-corrected chi connectivity index (χ0v) is 8.53. The van der Waals surface area contributed by atoms with Crippen LogP contribution in [0.1, 0.15) is 5.69 Å². The van der Waals surface area contributed by atoms with Crippen LogP contribution in [0.2, 0.25) is 0 Å². The lowest BCUT2D eigenvalue weighted by atomic mass is 10.2. The molecule has 0 bridgehead atoms. The van der Waals surface area contributed by atoms with Crippen LogP contribution in [0, 0.1) is 11.8 Å². The van der Waals surface area contributed by atoms with Gasteiger partial charge in [0.15, 0.2) is 0 Å². The molecular formula is C13H11NO. The Labute approximate surface area is 88.9 Å². The van der Waals surface area contributed by atoms with Crippen molar-refractivity contribution >= 4 is 10.9 Å². The van der Waals surface area contributed by atoms with Crippen LogP contribution >= 0.6 is 0 Å². The summed E-state index contributed by atoms with van der Waals surface area (Å²) in [5.74, 6) is 5.83. The van der Waals surface area contributed by atoms with Gasteiger partial charge in [0.05, 0.1) is 5.52 Å². The molecule has 1 heterocycles. The SMILES string of the molecule is COCC#Cc1ccc2ccccc2n1. The van der Waals surface area contributed by atoms with Crippen molar-refractivity contribution in [2.45, 2.75) is 0 Å². The summed E-state index contributed by atoms with van der Waals surface area (Å²) in [5, 5.41) is 1.13. The number of pyridine rings is 1. The molecule has 2 aromatic rings. The highest BCUT2D eigenvalue weighted by atomic mass is 16.5. The summed E-state index contributed by atoms with van der Waals surface area (Å²) in [6, 6.07) is 11.9. The molecule has 0 amide bonds. The first-order valence-electron chi connectivity index (χ1n) is 4.74. The predicted molar refractivity (Wildman–Crippen MR) is 60.5 cm³/mol. The Kier molecular flexibility index (Phi) is 2.96. The van der Waals surface area contributed by atoms with Crippen LogP contribution in [0.15, 0.2) is 36.4 Å². The fourth-order valence-electron chi connectivity index (χ4n) is 1.33. The number of methoxy groups -OCH3 is 1. The minimum Gasteiger partial charge on any atom is -0.372 e. The number of rotatable bonds is 1. The molecule has 0 N–H and O–H groups in total. The van der Waals surface area contributed by atoms with Crippen LogP contribution in [-0.2, 0) is 4.74 Å². The van der Waals surface area contributed by atoms with E-state index in [9.17, 15) is 0 Å². The van der Waals surface area contributed by atoms with Crippen molar-refractivity contribution < 1.29 is 4.74 Å². The highest BCUT2D eigenvalue weighted by molar-refractivity contribution is 5.78. The number of ether oxygens (including phenoxy) is 1. The van der Waals surface area contributed by atoms with Gasteiger partial charge in [0.2, 0.25) is 0 Å². The molecule has 1 aromatic carbocycles. The first-order valence-corrected chi connectivity index (χ1v) is 4.74. The van der Waals surface area contributed by atoms with Crippen LogP contribution in [0.4, 0.5) is 0 Å².